The van der Waals surface area contributed by atoms with Crippen LogP contribution in [0.5, 0.6) is 0 Å². The van der Waals surface area contributed by atoms with E-state index in [1.165, 1.54) is 0 Å². The minimum absolute atomic E-state index is 0.640. The Hall–Kier alpha value is -1.52. The fourth-order valence-electron chi connectivity index (χ4n) is 1.74. The molecule has 0 aliphatic carbocycles. The molecule has 0 atom stereocenters. The summed E-state index contributed by atoms with van der Waals surface area (Å²) in [5.74, 6) is 0.789. The number of halogens is 1. The summed E-state index contributed by atoms with van der Waals surface area (Å²) in [6, 6.07) is 5.81. The van der Waals surface area contributed by atoms with Crippen molar-refractivity contribution in [3.05, 3.63) is 41.2 Å². The summed E-state index contributed by atoms with van der Waals surface area (Å²) < 4.78 is 6.99. The van der Waals surface area contributed by atoms with Crippen LogP contribution in [0.1, 0.15) is 5.56 Å². The lowest BCUT2D eigenvalue weighted by Gasteiger charge is -2.12. The van der Waals surface area contributed by atoms with E-state index < -0.39 is 0 Å². The summed E-state index contributed by atoms with van der Waals surface area (Å²) in [5.41, 5.74) is 2.17. The average molecular weight is 266 g/mol. The minimum atomic E-state index is 0.640. The summed E-state index contributed by atoms with van der Waals surface area (Å²) in [6.45, 7) is 3.40. The molecule has 1 aromatic heterocycles. The first-order chi connectivity index (χ1) is 8.72. The highest BCUT2D eigenvalue weighted by Gasteiger charge is 2.07. The van der Waals surface area contributed by atoms with E-state index in [9.17, 15) is 0 Å². The molecule has 1 N–H and O–H groups in total. The standard InChI is InChI=1S/C13H16ClN3O/c1-10-3-4-11(14)9-12(10)17-7-5-15-13(17)16-6-8-18-2/h3-5,7,9H,6,8H2,1-2H3,(H,15,16). The second-order valence-electron chi connectivity index (χ2n) is 3.97. The maximum Gasteiger partial charge on any atom is 0.207 e. The van der Waals surface area contributed by atoms with Gasteiger partial charge < -0.3 is 10.1 Å². The van der Waals surface area contributed by atoms with Crippen LogP contribution in [0.2, 0.25) is 5.02 Å². The Kier molecular flexibility index (Phi) is 4.23. The van der Waals surface area contributed by atoms with E-state index in [0.717, 1.165) is 17.2 Å². The number of rotatable bonds is 5. The van der Waals surface area contributed by atoms with Crippen molar-refractivity contribution in [2.75, 3.05) is 25.6 Å². The quantitative estimate of drug-likeness (QED) is 0.845. The van der Waals surface area contributed by atoms with Gasteiger partial charge in [0.15, 0.2) is 0 Å². The normalized spacial score (nSPS) is 10.6. The van der Waals surface area contributed by atoms with Gasteiger partial charge in [0.2, 0.25) is 5.95 Å². The minimum Gasteiger partial charge on any atom is -0.383 e. The molecule has 0 radical (unpaired) electrons. The fraction of sp³-hybridized carbons (Fsp3) is 0.308. The smallest absolute Gasteiger partial charge is 0.207 e. The summed E-state index contributed by atoms with van der Waals surface area (Å²) in [6.07, 6.45) is 3.67. The Morgan fingerprint density at radius 1 is 1.44 bits per heavy atom. The number of hydrogen-bond acceptors (Lipinski definition) is 3. The summed E-state index contributed by atoms with van der Waals surface area (Å²) >= 11 is 6.04. The van der Waals surface area contributed by atoms with Crippen molar-refractivity contribution < 1.29 is 4.74 Å². The first kappa shape index (κ1) is 12.9. The van der Waals surface area contributed by atoms with Crippen LogP contribution in [0.4, 0.5) is 5.95 Å². The van der Waals surface area contributed by atoms with Gasteiger partial charge in [-0.3, -0.25) is 4.57 Å². The van der Waals surface area contributed by atoms with Gasteiger partial charge in [-0.15, -0.1) is 0 Å². The maximum absolute atomic E-state index is 6.04. The maximum atomic E-state index is 6.04. The Morgan fingerprint density at radius 3 is 3.06 bits per heavy atom. The van der Waals surface area contributed by atoms with Crippen molar-refractivity contribution >= 4 is 17.5 Å². The molecule has 0 saturated carbocycles. The van der Waals surface area contributed by atoms with Gasteiger partial charge in [0.1, 0.15) is 0 Å². The Morgan fingerprint density at radius 2 is 2.28 bits per heavy atom. The van der Waals surface area contributed by atoms with Crippen LogP contribution in [0, 0.1) is 6.92 Å². The van der Waals surface area contributed by atoms with Gasteiger partial charge in [-0.05, 0) is 24.6 Å². The third-order valence-corrected chi connectivity index (χ3v) is 2.90. The van der Waals surface area contributed by atoms with Crippen molar-refractivity contribution in [2.24, 2.45) is 0 Å². The monoisotopic (exact) mass is 265 g/mol. The van der Waals surface area contributed by atoms with Crippen LogP contribution in [0.25, 0.3) is 5.69 Å². The molecule has 0 saturated heterocycles. The van der Waals surface area contributed by atoms with E-state index in [4.69, 9.17) is 16.3 Å². The lowest BCUT2D eigenvalue weighted by atomic mass is 10.2. The number of nitrogens with one attached hydrogen (secondary N) is 1. The van der Waals surface area contributed by atoms with Gasteiger partial charge in [-0.2, -0.15) is 0 Å². The number of imidazole rings is 1. The number of aromatic nitrogens is 2. The molecule has 0 spiro atoms. The topological polar surface area (TPSA) is 39.1 Å². The molecule has 4 nitrogen and oxygen atoms in total. The number of nitrogens with zero attached hydrogens (tertiary/aromatic N) is 2. The predicted molar refractivity (Wildman–Crippen MR) is 73.7 cm³/mol. The van der Waals surface area contributed by atoms with Crippen LogP contribution < -0.4 is 5.32 Å². The third-order valence-electron chi connectivity index (χ3n) is 2.66. The molecule has 5 heteroatoms. The molecular weight excluding hydrogens is 250 g/mol. The van der Waals surface area contributed by atoms with E-state index in [-0.39, 0.29) is 0 Å². The number of aryl methyl sites for hydroxylation is 1. The fourth-order valence-corrected chi connectivity index (χ4v) is 1.90. The highest BCUT2D eigenvalue weighted by molar-refractivity contribution is 6.30. The molecule has 0 bridgehead atoms. The zero-order valence-electron chi connectivity index (χ0n) is 10.5. The third kappa shape index (κ3) is 2.83. The van der Waals surface area contributed by atoms with E-state index >= 15 is 0 Å². The second-order valence-corrected chi connectivity index (χ2v) is 4.41. The Labute approximate surface area is 112 Å². The van der Waals surface area contributed by atoms with Gasteiger partial charge in [0.05, 0.1) is 12.3 Å². The number of hydrogen-bond donors (Lipinski definition) is 1. The number of methoxy groups -OCH3 is 1. The average Bonchev–Trinajstić information content (AvgIpc) is 2.81. The molecule has 1 aromatic carbocycles. The van der Waals surface area contributed by atoms with Crippen molar-refractivity contribution in [1.82, 2.24) is 9.55 Å². The highest BCUT2D eigenvalue weighted by Crippen LogP contribution is 2.22. The lowest BCUT2D eigenvalue weighted by molar-refractivity contribution is 0.210. The summed E-state index contributed by atoms with van der Waals surface area (Å²) in [7, 11) is 1.68. The first-order valence-corrected chi connectivity index (χ1v) is 6.13. The van der Waals surface area contributed by atoms with Crippen LogP contribution in [-0.4, -0.2) is 29.8 Å². The van der Waals surface area contributed by atoms with Crippen LogP contribution in [0.15, 0.2) is 30.6 Å². The first-order valence-electron chi connectivity index (χ1n) is 5.75. The summed E-state index contributed by atoms with van der Waals surface area (Å²) in [5, 5.41) is 3.94. The molecule has 0 aliphatic rings. The number of benzene rings is 1. The molecular formula is C13H16ClN3O. The largest absolute Gasteiger partial charge is 0.383 e. The number of anilines is 1. The molecule has 1 heterocycles. The molecule has 96 valence electrons. The van der Waals surface area contributed by atoms with Gasteiger partial charge in [0.25, 0.3) is 0 Å². The number of ether oxygens (including phenoxy) is 1. The molecule has 2 aromatic rings. The zero-order chi connectivity index (χ0) is 13.0. The van der Waals surface area contributed by atoms with Crippen molar-refractivity contribution in [1.29, 1.82) is 0 Å². The van der Waals surface area contributed by atoms with Crippen LogP contribution in [0.3, 0.4) is 0 Å². The molecule has 0 fully saturated rings. The van der Waals surface area contributed by atoms with Crippen molar-refractivity contribution in [3.8, 4) is 5.69 Å². The van der Waals surface area contributed by atoms with E-state index in [0.29, 0.717) is 18.2 Å². The molecule has 2 rings (SSSR count). The summed E-state index contributed by atoms with van der Waals surface area (Å²) in [4.78, 5) is 4.29. The molecule has 0 unspecified atom stereocenters. The Bertz CT molecular complexity index is 525. The second kappa shape index (κ2) is 5.89. The van der Waals surface area contributed by atoms with E-state index in [1.54, 1.807) is 13.3 Å². The van der Waals surface area contributed by atoms with Gasteiger partial charge in [-0.1, -0.05) is 17.7 Å². The van der Waals surface area contributed by atoms with Gasteiger partial charge in [-0.25, -0.2) is 4.98 Å². The van der Waals surface area contributed by atoms with Crippen molar-refractivity contribution in [3.63, 3.8) is 0 Å². The molecule has 0 aliphatic heterocycles. The lowest BCUT2D eigenvalue weighted by Crippen LogP contribution is -2.12. The van der Waals surface area contributed by atoms with Gasteiger partial charge >= 0.3 is 0 Å². The zero-order valence-corrected chi connectivity index (χ0v) is 11.2. The molecule has 0 amide bonds. The Balaban J connectivity index is 2.27. The highest BCUT2D eigenvalue weighted by atomic mass is 35.5. The SMILES string of the molecule is COCCNc1nccn1-c1cc(Cl)ccc1C. The predicted octanol–water partition coefficient (Wildman–Crippen LogP) is 2.89. The van der Waals surface area contributed by atoms with Gasteiger partial charge in [0, 0.05) is 31.1 Å². The van der Waals surface area contributed by atoms with E-state index in [1.807, 2.05) is 35.9 Å². The molecule has 18 heavy (non-hydrogen) atoms. The van der Waals surface area contributed by atoms with Crippen LogP contribution >= 0.6 is 11.6 Å². The van der Waals surface area contributed by atoms with Crippen LogP contribution in [-0.2, 0) is 4.74 Å². The van der Waals surface area contributed by atoms with Crippen molar-refractivity contribution in [2.45, 2.75) is 6.92 Å². The van der Waals surface area contributed by atoms with E-state index in [2.05, 4.69) is 10.3 Å².